The van der Waals surface area contributed by atoms with Crippen molar-refractivity contribution in [3.8, 4) is 11.5 Å². The number of aliphatic carboxylic acids is 1. The minimum Gasteiger partial charge on any atom is -0.489 e. The standard InChI is InChI=1S/C24H20BrClO4/c1-16-14-21(10-11-23(16)30-15-24(27)28)29-13-12-22(17-2-6-19(25)7-3-17)18-4-8-20(26)9-5-18/h2-12,14H,13,15H2,1H3,(H,27,28)/b22-12+. The zero-order chi connectivity index (χ0) is 21.5. The number of carboxylic acids is 1. The van der Waals surface area contributed by atoms with Gasteiger partial charge in [-0.3, -0.25) is 0 Å². The van der Waals surface area contributed by atoms with E-state index >= 15 is 0 Å². The molecule has 0 unspecified atom stereocenters. The molecule has 0 aliphatic rings. The molecule has 1 N–H and O–H groups in total. The molecule has 0 heterocycles. The lowest BCUT2D eigenvalue weighted by molar-refractivity contribution is -0.139. The first-order valence-corrected chi connectivity index (χ1v) is 10.4. The van der Waals surface area contributed by atoms with Gasteiger partial charge in [-0.2, -0.15) is 0 Å². The van der Waals surface area contributed by atoms with Gasteiger partial charge < -0.3 is 14.6 Å². The fraction of sp³-hybridized carbons (Fsp3) is 0.125. The minimum absolute atomic E-state index is 0.364. The van der Waals surface area contributed by atoms with Gasteiger partial charge in [0.05, 0.1) is 0 Å². The molecule has 6 heteroatoms. The normalized spacial score (nSPS) is 11.2. The van der Waals surface area contributed by atoms with Crippen molar-refractivity contribution < 1.29 is 19.4 Å². The number of ether oxygens (including phenoxy) is 2. The molecule has 3 aromatic rings. The quantitative estimate of drug-likeness (QED) is 0.400. The number of carboxylic acid groups (broad SMARTS) is 1. The Balaban J connectivity index is 1.77. The molecule has 0 aliphatic carbocycles. The van der Waals surface area contributed by atoms with Crippen molar-refractivity contribution >= 4 is 39.1 Å². The van der Waals surface area contributed by atoms with Crippen LogP contribution in [-0.2, 0) is 4.79 Å². The van der Waals surface area contributed by atoms with Crippen LogP contribution in [-0.4, -0.2) is 24.3 Å². The van der Waals surface area contributed by atoms with E-state index in [4.69, 9.17) is 26.2 Å². The van der Waals surface area contributed by atoms with Crippen molar-refractivity contribution in [2.45, 2.75) is 6.92 Å². The molecule has 154 valence electrons. The molecule has 0 bridgehead atoms. The summed E-state index contributed by atoms with van der Waals surface area (Å²) in [6.45, 7) is 1.84. The molecular weight excluding hydrogens is 468 g/mol. The Morgan fingerprint density at radius 1 is 1.00 bits per heavy atom. The maximum Gasteiger partial charge on any atom is 0.341 e. The lowest BCUT2D eigenvalue weighted by Crippen LogP contribution is -2.10. The number of benzene rings is 3. The summed E-state index contributed by atoms with van der Waals surface area (Å²) in [6.07, 6.45) is 2.02. The first kappa shape index (κ1) is 21.9. The summed E-state index contributed by atoms with van der Waals surface area (Å²) in [4.78, 5) is 10.7. The van der Waals surface area contributed by atoms with Crippen molar-refractivity contribution in [1.82, 2.24) is 0 Å². The van der Waals surface area contributed by atoms with E-state index in [9.17, 15) is 4.79 Å². The van der Waals surface area contributed by atoms with Gasteiger partial charge in [0.15, 0.2) is 6.61 Å². The molecule has 0 aliphatic heterocycles. The summed E-state index contributed by atoms with van der Waals surface area (Å²) in [5.41, 5.74) is 3.96. The summed E-state index contributed by atoms with van der Waals surface area (Å²) >= 11 is 9.51. The molecule has 30 heavy (non-hydrogen) atoms. The first-order valence-electron chi connectivity index (χ1n) is 9.22. The van der Waals surface area contributed by atoms with Crippen LogP contribution < -0.4 is 9.47 Å². The van der Waals surface area contributed by atoms with Gasteiger partial charge in [0, 0.05) is 9.50 Å². The lowest BCUT2D eigenvalue weighted by Gasteiger charge is -2.12. The van der Waals surface area contributed by atoms with Crippen LogP contribution in [0, 0.1) is 6.92 Å². The molecule has 4 nitrogen and oxygen atoms in total. The molecule has 3 rings (SSSR count). The highest BCUT2D eigenvalue weighted by molar-refractivity contribution is 9.10. The van der Waals surface area contributed by atoms with Gasteiger partial charge in [-0.1, -0.05) is 51.8 Å². The van der Waals surface area contributed by atoms with E-state index in [1.165, 1.54) is 0 Å². The predicted molar refractivity (Wildman–Crippen MR) is 122 cm³/mol. The zero-order valence-corrected chi connectivity index (χ0v) is 18.6. The van der Waals surface area contributed by atoms with Crippen LogP contribution >= 0.6 is 27.5 Å². The van der Waals surface area contributed by atoms with Crippen molar-refractivity contribution in [2.24, 2.45) is 0 Å². The van der Waals surface area contributed by atoms with E-state index in [1.807, 2.05) is 67.6 Å². The summed E-state index contributed by atoms with van der Waals surface area (Å²) in [7, 11) is 0. The predicted octanol–water partition coefficient (Wildman–Crippen LogP) is 6.39. The lowest BCUT2D eigenvalue weighted by atomic mass is 9.98. The van der Waals surface area contributed by atoms with Gasteiger partial charge in [0.2, 0.25) is 0 Å². The molecule has 0 aromatic heterocycles. The highest BCUT2D eigenvalue weighted by Crippen LogP contribution is 2.27. The number of rotatable bonds is 8. The molecule has 0 fully saturated rings. The maximum atomic E-state index is 10.7. The van der Waals surface area contributed by atoms with E-state index in [2.05, 4.69) is 15.9 Å². The van der Waals surface area contributed by atoms with Crippen LogP contribution in [0.1, 0.15) is 16.7 Å². The van der Waals surface area contributed by atoms with Crippen LogP contribution in [0.5, 0.6) is 11.5 Å². The summed E-state index contributed by atoms with van der Waals surface area (Å²) in [5, 5.41) is 9.43. The summed E-state index contributed by atoms with van der Waals surface area (Å²) < 4.78 is 12.2. The molecule has 0 saturated heterocycles. The molecule has 3 aromatic carbocycles. The zero-order valence-electron chi connectivity index (χ0n) is 16.3. The molecular formula is C24H20BrClO4. The van der Waals surface area contributed by atoms with E-state index in [0.717, 1.165) is 26.7 Å². The number of carbonyl (C=O) groups is 1. The topological polar surface area (TPSA) is 55.8 Å². The Morgan fingerprint density at radius 3 is 2.23 bits per heavy atom. The third kappa shape index (κ3) is 6.12. The first-order chi connectivity index (χ1) is 14.4. The van der Waals surface area contributed by atoms with Crippen LogP contribution in [0.15, 0.2) is 77.3 Å². The smallest absolute Gasteiger partial charge is 0.341 e. The van der Waals surface area contributed by atoms with E-state index < -0.39 is 5.97 Å². The number of halogens is 2. The monoisotopic (exact) mass is 486 g/mol. The van der Waals surface area contributed by atoms with Crippen molar-refractivity contribution in [3.05, 3.63) is 99.0 Å². The minimum atomic E-state index is -1.01. The van der Waals surface area contributed by atoms with Gasteiger partial charge in [-0.05, 0) is 77.7 Å². The second-order valence-electron chi connectivity index (χ2n) is 6.55. The molecule has 0 atom stereocenters. The van der Waals surface area contributed by atoms with Gasteiger partial charge in [-0.25, -0.2) is 4.79 Å². The molecule has 0 radical (unpaired) electrons. The number of aryl methyl sites for hydroxylation is 1. The second kappa shape index (κ2) is 10.3. The summed E-state index contributed by atoms with van der Waals surface area (Å²) in [5.74, 6) is 0.192. The third-order valence-electron chi connectivity index (χ3n) is 4.35. The van der Waals surface area contributed by atoms with Gasteiger partial charge >= 0.3 is 5.97 Å². The number of hydrogen-bond donors (Lipinski definition) is 1. The van der Waals surface area contributed by atoms with Crippen LogP contribution in [0.4, 0.5) is 0 Å². The van der Waals surface area contributed by atoms with Crippen LogP contribution in [0.3, 0.4) is 0 Å². The average Bonchev–Trinajstić information content (AvgIpc) is 2.72. The maximum absolute atomic E-state index is 10.7. The second-order valence-corrected chi connectivity index (χ2v) is 7.90. The van der Waals surface area contributed by atoms with Gasteiger partial charge in [0.25, 0.3) is 0 Å². The Labute approximate surface area is 188 Å². The average molecular weight is 488 g/mol. The Kier molecular flexibility index (Phi) is 7.55. The molecule has 0 saturated carbocycles. The Bertz CT molecular complexity index is 996. The molecule has 0 amide bonds. The van der Waals surface area contributed by atoms with Crippen molar-refractivity contribution in [3.63, 3.8) is 0 Å². The third-order valence-corrected chi connectivity index (χ3v) is 5.13. The van der Waals surface area contributed by atoms with E-state index in [0.29, 0.717) is 23.1 Å². The fourth-order valence-corrected chi connectivity index (χ4v) is 3.29. The summed E-state index contributed by atoms with van der Waals surface area (Å²) in [6, 6.07) is 21.1. The fourth-order valence-electron chi connectivity index (χ4n) is 2.90. The van der Waals surface area contributed by atoms with Gasteiger partial charge in [0.1, 0.15) is 18.1 Å². The van der Waals surface area contributed by atoms with Crippen molar-refractivity contribution in [1.29, 1.82) is 0 Å². The molecule has 0 spiro atoms. The van der Waals surface area contributed by atoms with Crippen molar-refractivity contribution in [2.75, 3.05) is 13.2 Å². The van der Waals surface area contributed by atoms with Gasteiger partial charge in [-0.15, -0.1) is 0 Å². The van der Waals surface area contributed by atoms with Crippen LogP contribution in [0.2, 0.25) is 5.02 Å². The largest absolute Gasteiger partial charge is 0.489 e. The van der Waals surface area contributed by atoms with E-state index in [-0.39, 0.29) is 6.61 Å². The number of hydrogen-bond acceptors (Lipinski definition) is 3. The Morgan fingerprint density at radius 2 is 1.63 bits per heavy atom. The highest BCUT2D eigenvalue weighted by atomic mass is 79.9. The highest BCUT2D eigenvalue weighted by Gasteiger charge is 2.07. The van der Waals surface area contributed by atoms with E-state index in [1.54, 1.807) is 12.1 Å². The Hall–Kier alpha value is -2.76. The van der Waals surface area contributed by atoms with Crippen LogP contribution in [0.25, 0.3) is 5.57 Å². The SMILES string of the molecule is Cc1cc(OC/C=C(/c2ccc(Cl)cc2)c2ccc(Br)cc2)ccc1OCC(=O)O.